The van der Waals surface area contributed by atoms with Crippen LogP contribution in [0, 0.1) is 5.92 Å². The number of carbonyl (C=O) groups is 2. The van der Waals surface area contributed by atoms with Crippen LogP contribution in [0.5, 0.6) is 0 Å². The van der Waals surface area contributed by atoms with Crippen LogP contribution in [0.15, 0.2) is 0 Å². The lowest BCUT2D eigenvalue weighted by Gasteiger charge is -2.28. The zero-order chi connectivity index (χ0) is 16.2. The van der Waals surface area contributed by atoms with E-state index in [1.165, 1.54) is 0 Å². The number of ether oxygens (including phenoxy) is 1. The van der Waals surface area contributed by atoms with E-state index in [4.69, 9.17) is 4.74 Å². The Morgan fingerprint density at radius 2 is 1.86 bits per heavy atom. The lowest BCUT2D eigenvalue weighted by atomic mass is 9.94. The maximum atomic E-state index is 12.1. The van der Waals surface area contributed by atoms with Gasteiger partial charge < -0.3 is 15.2 Å². The molecule has 0 bridgehead atoms. The smallest absolute Gasteiger partial charge is 0.326 e. The minimum Gasteiger partial charge on any atom is -0.480 e. The molecule has 126 valence electrons. The zero-order valence-electron chi connectivity index (χ0n) is 12.5. The summed E-state index contributed by atoms with van der Waals surface area (Å²) < 4.78 is 29.5. The van der Waals surface area contributed by atoms with E-state index < -0.39 is 38.8 Å². The van der Waals surface area contributed by atoms with Gasteiger partial charge in [0.1, 0.15) is 11.8 Å². The van der Waals surface area contributed by atoms with Crippen LogP contribution in [-0.4, -0.2) is 55.7 Å². The summed E-state index contributed by atoms with van der Waals surface area (Å²) in [7, 11) is -3.50. The highest BCUT2D eigenvalue weighted by Gasteiger charge is 2.34. The number of carboxylic acid groups (broad SMARTS) is 1. The zero-order valence-corrected chi connectivity index (χ0v) is 13.3. The van der Waals surface area contributed by atoms with Crippen LogP contribution in [0.2, 0.25) is 0 Å². The monoisotopic (exact) mass is 333 g/mol. The molecule has 0 spiro atoms. The SMILES string of the molecule is O=C(CS(=O)(=O)C1CCCC1)NC(C(=O)O)C1CCCOC1. The topological polar surface area (TPSA) is 110 Å². The van der Waals surface area contributed by atoms with Crippen molar-refractivity contribution in [1.82, 2.24) is 5.32 Å². The summed E-state index contributed by atoms with van der Waals surface area (Å²) in [6.45, 7) is 0.861. The molecule has 2 rings (SSSR count). The van der Waals surface area contributed by atoms with E-state index in [0.717, 1.165) is 19.3 Å². The van der Waals surface area contributed by atoms with Crippen molar-refractivity contribution < 1.29 is 27.9 Å². The quantitative estimate of drug-likeness (QED) is 0.725. The Kier molecular flexibility index (Phi) is 5.80. The Balaban J connectivity index is 1.94. The molecule has 1 amide bonds. The van der Waals surface area contributed by atoms with Crippen LogP contribution in [0.3, 0.4) is 0 Å². The van der Waals surface area contributed by atoms with Crippen molar-refractivity contribution in [2.75, 3.05) is 19.0 Å². The highest BCUT2D eigenvalue weighted by Crippen LogP contribution is 2.25. The van der Waals surface area contributed by atoms with Crippen LogP contribution in [0.4, 0.5) is 0 Å². The normalized spacial score (nSPS) is 24.8. The standard InChI is InChI=1S/C14H23NO6S/c16-12(9-22(19,20)11-5-1-2-6-11)15-13(14(17)18)10-4-3-7-21-8-10/h10-11,13H,1-9H2,(H,15,16)(H,17,18). The molecule has 1 aliphatic heterocycles. The second-order valence-corrected chi connectivity index (χ2v) is 8.36. The first-order valence-electron chi connectivity index (χ1n) is 7.71. The number of carboxylic acids is 1. The van der Waals surface area contributed by atoms with Crippen molar-refractivity contribution in [1.29, 1.82) is 0 Å². The Morgan fingerprint density at radius 1 is 1.18 bits per heavy atom. The predicted octanol–water partition coefficient (Wildman–Crippen LogP) is 0.340. The van der Waals surface area contributed by atoms with Crippen molar-refractivity contribution in [2.45, 2.75) is 49.8 Å². The van der Waals surface area contributed by atoms with Crippen molar-refractivity contribution >= 4 is 21.7 Å². The van der Waals surface area contributed by atoms with E-state index in [2.05, 4.69) is 5.32 Å². The molecule has 8 heteroatoms. The first-order valence-corrected chi connectivity index (χ1v) is 9.43. The Bertz CT molecular complexity index is 505. The highest BCUT2D eigenvalue weighted by molar-refractivity contribution is 7.92. The van der Waals surface area contributed by atoms with Crippen LogP contribution in [0.25, 0.3) is 0 Å². The highest BCUT2D eigenvalue weighted by atomic mass is 32.2. The molecule has 7 nitrogen and oxygen atoms in total. The van der Waals surface area contributed by atoms with E-state index in [-0.39, 0.29) is 12.5 Å². The number of amides is 1. The van der Waals surface area contributed by atoms with Gasteiger partial charge in [-0.1, -0.05) is 12.8 Å². The van der Waals surface area contributed by atoms with Crippen molar-refractivity contribution in [3.63, 3.8) is 0 Å². The fraction of sp³-hybridized carbons (Fsp3) is 0.857. The largest absolute Gasteiger partial charge is 0.480 e. The average Bonchev–Trinajstić information content (AvgIpc) is 3.00. The number of rotatable bonds is 6. The molecule has 1 aliphatic carbocycles. The first-order chi connectivity index (χ1) is 10.4. The van der Waals surface area contributed by atoms with Gasteiger partial charge >= 0.3 is 5.97 Å². The lowest BCUT2D eigenvalue weighted by Crippen LogP contribution is -2.50. The van der Waals surface area contributed by atoms with Gasteiger partial charge in [-0.2, -0.15) is 0 Å². The van der Waals surface area contributed by atoms with Crippen LogP contribution in [0.1, 0.15) is 38.5 Å². The average molecular weight is 333 g/mol. The van der Waals surface area contributed by atoms with Gasteiger partial charge in [0.25, 0.3) is 0 Å². The Morgan fingerprint density at radius 3 is 2.41 bits per heavy atom. The number of aliphatic carboxylic acids is 1. The Labute approximate surface area is 130 Å². The van der Waals surface area contributed by atoms with Crippen molar-refractivity contribution in [3.05, 3.63) is 0 Å². The van der Waals surface area contributed by atoms with E-state index in [9.17, 15) is 23.1 Å². The van der Waals surface area contributed by atoms with Crippen LogP contribution < -0.4 is 5.32 Å². The number of carbonyl (C=O) groups excluding carboxylic acids is 1. The molecule has 1 saturated carbocycles. The van der Waals surface area contributed by atoms with Crippen LogP contribution in [-0.2, 0) is 24.2 Å². The summed E-state index contributed by atoms with van der Waals surface area (Å²) in [5.41, 5.74) is 0. The lowest BCUT2D eigenvalue weighted by molar-refractivity contribution is -0.144. The fourth-order valence-corrected chi connectivity index (χ4v) is 4.91. The molecule has 22 heavy (non-hydrogen) atoms. The second kappa shape index (κ2) is 7.41. The van der Waals surface area contributed by atoms with Crippen LogP contribution >= 0.6 is 0 Å². The predicted molar refractivity (Wildman–Crippen MR) is 79.2 cm³/mol. The van der Waals surface area contributed by atoms with Gasteiger partial charge in [-0.05, 0) is 25.7 Å². The molecule has 0 aromatic heterocycles. The summed E-state index contributed by atoms with van der Waals surface area (Å²) in [6.07, 6.45) is 4.30. The molecule has 0 aromatic carbocycles. The van der Waals surface area contributed by atoms with Gasteiger partial charge in [0.05, 0.1) is 11.9 Å². The molecule has 2 fully saturated rings. The molecule has 2 aliphatic rings. The van der Waals surface area contributed by atoms with Gasteiger partial charge in [-0.3, -0.25) is 4.79 Å². The van der Waals surface area contributed by atoms with Crippen molar-refractivity contribution in [3.8, 4) is 0 Å². The third-order valence-corrected chi connectivity index (χ3v) is 6.54. The van der Waals surface area contributed by atoms with Crippen molar-refractivity contribution in [2.24, 2.45) is 5.92 Å². The first kappa shape index (κ1) is 17.2. The maximum absolute atomic E-state index is 12.1. The van der Waals surface area contributed by atoms with E-state index in [0.29, 0.717) is 25.9 Å². The summed E-state index contributed by atoms with van der Waals surface area (Å²) in [5.74, 6) is -2.83. The fourth-order valence-electron chi connectivity index (χ4n) is 3.17. The summed E-state index contributed by atoms with van der Waals surface area (Å²) in [5, 5.41) is 11.2. The molecule has 0 aromatic rings. The van der Waals surface area contributed by atoms with E-state index in [1.807, 2.05) is 0 Å². The summed E-state index contributed by atoms with van der Waals surface area (Å²) >= 11 is 0. The maximum Gasteiger partial charge on any atom is 0.326 e. The number of hydrogen-bond donors (Lipinski definition) is 2. The molecule has 2 atom stereocenters. The number of nitrogens with one attached hydrogen (secondary N) is 1. The molecule has 2 N–H and O–H groups in total. The van der Waals surface area contributed by atoms with Gasteiger partial charge in [-0.15, -0.1) is 0 Å². The molecule has 0 radical (unpaired) electrons. The Hall–Kier alpha value is -1.15. The van der Waals surface area contributed by atoms with Gasteiger partial charge in [0.2, 0.25) is 5.91 Å². The number of hydrogen-bond acceptors (Lipinski definition) is 5. The van der Waals surface area contributed by atoms with Gasteiger partial charge in [-0.25, -0.2) is 13.2 Å². The van der Waals surface area contributed by atoms with E-state index >= 15 is 0 Å². The molecule has 2 unspecified atom stereocenters. The van der Waals surface area contributed by atoms with Gasteiger partial charge in [0, 0.05) is 12.5 Å². The summed E-state index contributed by atoms with van der Waals surface area (Å²) in [6, 6.07) is -1.09. The number of sulfone groups is 1. The van der Waals surface area contributed by atoms with Gasteiger partial charge in [0.15, 0.2) is 9.84 Å². The minimum absolute atomic E-state index is 0.270. The molecular weight excluding hydrogens is 310 g/mol. The van der Waals surface area contributed by atoms with E-state index in [1.54, 1.807) is 0 Å². The third kappa shape index (κ3) is 4.42. The minimum atomic E-state index is -3.50. The summed E-state index contributed by atoms with van der Waals surface area (Å²) in [4.78, 5) is 23.3. The molecule has 1 saturated heterocycles. The molecule has 1 heterocycles. The molecular formula is C14H23NO6S. The third-order valence-electron chi connectivity index (χ3n) is 4.39. The second-order valence-electron chi connectivity index (χ2n) is 6.07.